The van der Waals surface area contributed by atoms with Crippen molar-refractivity contribution in [3.8, 4) is 5.75 Å². The van der Waals surface area contributed by atoms with Crippen LogP contribution in [0.1, 0.15) is 73.9 Å². The van der Waals surface area contributed by atoms with E-state index >= 15 is 0 Å². The van der Waals surface area contributed by atoms with Crippen molar-refractivity contribution in [1.82, 2.24) is 14.8 Å². The molecule has 208 valence electrons. The lowest BCUT2D eigenvalue weighted by molar-refractivity contribution is 0.0784. The number of hydrogen-bond donors (Lipinski definition) is 1. The Bertz CT molecular complexity index is 1240. The Balaban J connectivity index is 1.22. The van der Waals surface area contributed by atoms with E-state index in [0.717, 1.165) is 74.0 Å². The maximum atomic E-state index is 10.7. The molecule has 3 aromatic rings. The van der Waals surface area contributed by atoms with Gasteiger partial charge in [-0.25, -0.2) is 0 Å². The third-order valence-corrected chi connectivity index (χ3v) is 8.75. The average molecular weight is 548 g/mol. The topological polar surface area (TPSA) is 48.8 Å². The number of pyridine rings is 1. The first-order valence-corrected chi connectivity index (χ1v) is 14.8. The number of benzene rings is 2. The third-order valence-electron chi connectivity index (χ3n) is 8.50. The van der Waals surface area contributed by atoms with Crippen LogP contribution in [0.4, 0.5) is 0 Å². The van der Waals surface area contributed by atoms with Crippen LogP contribution in [-0.4, -0.2) is 58.7 Å². The number of likely N-dealkylation sites (tertiary alicyclic amines) is 1. The van der Waals surface area contributed by atoms with Crippen LogP contribution in [0.5, 0.6) is 5.75 Å². The molecule has 5 rings (SSSR count). The molecule has 0 radical (unpaired) electrons. The van der Waals surface area contributed by atoms with Gasteiger partial charge in [-0.2, -0.15) is 0 Å². The van der Waals surface area contributed by atoms with E-state index in [2.05, 4.69) is 46.0 Å². The summed E-state index contributed by atoms with van der Waals surface area (Å²) in [6.45, 7) is 12.0. The molecular formula is C33H42ClN3O2. The Labute approximate surface area is 238 Å². The van der Waals surface area contributed by atoms with Crippen molar-refractivity contribution in [3.05, 3.63) is 93.8 Å². The van der Waals surface area contributed by atoms with Gasteiger partial charge in [0.25, 0.3) is 0 Å². The van der Waals surface area contributed by atoms with Gasteiger partial charge in [-0.05, 0) is 106 Å². The highest BCUT2D eigenvalue weighted by Crippen LogP contribution is 2.41. The van der Waals surface area contributed by atoms with Crippen molar-refractivity contribution >= 4 is 11.6 Å². The number of rotatable bonds is 10. The van der Waals surface area contributed by atoms with Gasteiger partial charge in [-0.15, -0.1) is 0 Å². The number of nitrogens with zero attached hydrogens (tertiary/aromatic N) is 3. The summed E-state index contributed by atoms with van der Waals surface area (Å²) in [5, 5.41) is 11.5. The Kier molecular flexibility index (Phi) is 8.92. The molecule has 0 bridgehead atoms. The van der Waals surface area contributed by atoms with Crippen molar-refractivity contribution in [1.29, 1.82) is 0 Å². The Morgan fingerprint density at radius 3 is 2.72 bits per heavy atom. The summed E-state index contributed by atoms with van der Waals surface area (Å²) in [5.74, 6) is 1.12. The van der Waals surface area contributed by atoms with Crippen LogP contribution in [0, 0.1) is 0 Å². The minimum Gasteiger partial charge on any atom is -0.487 e. The summed E-state index contributed by atoms with van der Waals surface area (Å²) in [6, 6.07) is 19.3. The Hall–Kier alpha value is -2.44. The summed E-state index contributed by atoms with van der Waals surface area (Å²) < 4.78 is 6.20. The lowest BCUT2D eigenvalue weighted by Crippen LogP contribution is -2.39. The van der Waals surface area contributed by atoms with Gasteiger partial charge in [0.15, 0.2) is 0 Å². The van der Waals surface area contributed by atoms with Crippen LogP contribution in [0.3, 0.4) is 0 Å². The quantitative estimate of drug-likeness (QED) is 0.318. The van der Waals surface area contributed by atoms with Crippen molar-refractivity contribution in [2.24, 2.45) is 0 Å². The SMILES string of the molecule is CCN(CCc1ccc(Cl)cc1)C1CCN(CCCC2c3cc(C(C)(C)O)ccc3OCc3ncccc32)C1. The van der Waals surface area contributed by atoms with Crippen LogP contribution in [0.2, 0.25) is 5.02 Å². The smallest absolute Gasteiger partial charge is 0.131 e. The van der Waals surface area contributed by atoms with E-state index in [0.29, 0.717) is 12.6 Å². The summed E-state index contributed by atoms with van der Waals surface area (Å²) in [4.78, 5) is 9.94. The van der Waals surface area contributed by atoms with Gasteiger partial charge in [-0.3, -0.25) is 9.88 Å². The molecule has 2 unspecified atom stereocenters. The molecule has 0 amide bonds. The highest BCUT2D eigenvalue weighted by Gasteiger charge is 2.29. The summed E-state index contributed by atoms with van der Waals surface area (Å²) in [6.07, 6.45) is 6.28. The average Bonchev–Trinajstić information content (AvgIpc) is 3.33. The molecule has 1 N–H and O–H groups in total. The van der Waals surface area contributed by atoms with Crippen LogP contribution in [0.15, 0.2) is 60.8 Å². The molecule has 5 nitrogen and oxygen atoms in total. The molecule has 1 aromatic heterocycles. The molecule has 2 aliphatic heterocycles. The van der Waals surface area contributed by atoms with Gasteiger partial charge in [0.1, 0.15) is 12.4 Å². The fourth-order valence-corrected chi connectivity index (χ4v) is 6.33. The van der Waals surface area contributed by atoms with Crippen LogP contribution < -0.4 is 4.74 Å². The predicted octanol–water partition coefficient (Wildman–Crippen LogP) is 6.41. The second kappa shape index (κ2) is 12.4. The largest absolute Gasteiger partial charge is 0.487 e. The maximum Gasteiger partial charge on any atom is 0.131 e. The van der Waals surface area contributed by atoms with Gasteiger partial charge in [-0.1, -0.05) is 42.8 Å². The molecule has 6 heteroatoms. The van der Waals surface area contributed by atoms with E-state index < -0.39 is 5.60 Å². The zero-order valence-electron chi connectivity index (χ0n) is 23.6. The van der Waals surface area contributed by atoms with E-state index in [1.807, 2.05) is 50.4 Å². The van der Waals surface area contributed by atoms with Gasteiger partial charge in [0.2, 0.25) is 0 Å². The number of ether oxygens (including phenoxy) is 1. The predicted molar refractivity (Wildman–Crippen MR) is 159 cm³/mol. The molecular weight excluding hydrogens is 506 g/mol. The van der Waals surface area contributed by atoms with Gasteiger partial charge in [0.05, 0.1) is 11.3 Å². The maximum absolute atomic E-state index is 10.7. The lowest BCUT2D eigenvalue weighted by Gasteiger charge is -2.28. The minimum absolute atomic E-state index is 0.207. The van der Waals surface area contributed by atoms with E-state index in [-0.39, 0.29) is 5.92 Å². The highest BCUT2D eigenvalue weighted by molar-refractivity contribution is 6.30. The minimum atomic E-state index is -0.896. The fraction of sp³-hybridized carbons (Fsp3) is 0.485. The third kappa shape index (κ3) is 6.83. The number of likely N-dealkylation sites (N-methyl/N-ethyl adjacent to an activating group) is 1. The van der Waals surface area contributed by atoms with Gasteiger partial charge < -0.3 is 14.7 Å². The molecule has 1 fully saturated rings. The molecule has 3 heterocycles. The zero-order chi connectivity index (χ0) is 27.4. The Morgan fingerprint density at radius 2 is 1.95 bits per heavy atom. The zero-order valence-corrected chi connectivity index (χ0v) is 24.3. The van der Waals surface area contributed by atoms with E-state index in [1.165, 1.54) is 23.1 Å². The number of aromatic nitrogens is 1. The molecule has 39 heavy (non-hydrogen) atoms. The van der Waals surface area contributed by atoms with Crippen molar-refractivity contribution < 1.29 is 9.84 Å². The van der Waals surface area contributed by atoms with E-state index in [4.69, 9.17) is 16.3 Å². The summed E-state index contributed by atoms with van der Waals surface area (Å²) in [5.41, 5.74) is 4.81. The van der Waals surface area contributed by atoms with Crippen LogP contribution >= 0.6 is 11.6 Å². The van der Waals surface area contributed by atoms with E-state index in [9.17, 15) is 5.11 Å². The molecule has 2 aliphatic rings. The molecule has 0 spiro atoms. The van der Waals surface area contributed by atoms with Crippen molar-refractivity contribution in [2.75, 3.05) is 32.7 Å². The first-order chi connectivity index (χ1) is 18.8. The van der Waals surface area contributed by atoms with Gasteiger partial charge >= 0.3 is 0 Å². The number of hydrogen-bond acceptors (Lipinski definition) is 5. The molecule has 1 saturated heterocycles. The molecule has 2 atom stereocenters. The first-order valence-electron chi connectivity index (χ1n) is 14.5. The molecule has 0 aliphatic carbocycles. The Morgan fingerprint density at radius 1 is 1.13 bits per heavy atom. The highest BCUT2D eigenvalue weighted by atomic mass is 35.5. The second-order valence-corrected chi connectivity index (χ2v) is 12.0. The normalized spacial score (nSPS) is 19.4. The van der Waals surface area contributed by atoms with Gasteiger partial charge in [0, 0.05) is 41.8 Å². The number of aliphatic hydroxyl groups is 1. The monoisotopic (exact) mass is 547 g/mol. The number of halogens is 1. The lowest BCUT2D eigenvalue weighted by atomic mass is 9.84. The fourth-order valence-electron chi connectivity index (χ4n) is 6.20. The standard InChI is InChI=1S/C33H42ClN3O2/c1-4-37(20-15-24-9-12-26(34)13-10-24)27-16-19-36(22-27)18-6-8-28-29-7-5-17-35-31(29)23-39-32-14-11-25(21-30(28)32)33(2,3)38/h5,7,9-14,17,21,27-28,38H,4,6,8,15-16,18-20,22-23H2,1-3H3. The van der Waals surface area contributed by atoms with Crippen molar-refractivity contribution in [2.45, 2.75) is 70.6 Å². The number of fused-ring (bicyclic) bond motifs is 2. The first kappa shape index (κ1) is 28.1. The summed E-state index contributed by atoms with van der Waals surface area (Å²) >= 11 is 6.06. The molecule has 2 aromatic carbocycles. The van der Waals surface area contributed by atoms with E-state index in [1.54, 1.807) is 0 Å². The van der Waals surface area contributed by atoms with Crippen LogP contribution in [-0.2, 0) is 18.6 Å². The molecule has 0 saturated carbocycles. The van der Waals surface area contributed by atoms with Crippen LogP contribution in [0.25, 0.3) is 0 Å². The van der Waals surface area contributed by atoms with Crippen molar-refractivity contribution in [3.63, 3.8) is 0 Å². The second-order valence-electron chi connectivity index (χ2n) is 11.6. The summed E-state index contributed by atoms with van der Waals surface area (Å²) in [7, 11) is 0.